The van der Waals surface area contributed by atoms with Gasteiger partial charge in [0.05, 0.1) is 6.04 Å². The molecule has 2 aromatic rings. The van der Waals surface area contributed by atoms with E-state index in [4.69, 9.17) is 5.11 Å². The quantitative estimate of drug-likeness (QED) is 0.544. The van der Waals surface area contributed by atoms with Crippen LogP contribution in [-0.4, -0.2) is 65.5 Å². The number of carbonyl (C=O) groups is 3. The number of aryl methyl sites for hydroxylation is 2. The van der Waals surface area contributed by atoms with E-state index in [0.717, 1.165) is 41.9 Å². The maximum absolute atomic E-state index is 13.2. The number of carbonyl (C=O) groups excluding carboxylic acids is 2. The van der Waals surface area contributed by atoms with Gasteiger partial charge in [-0.05, 0) is 42.5 Å². The Morgan fingerprint density at radius 3 is 2.40 bits per heavy atom. The van der Waals surface area contributed by atoms with Crippen LogP contribution in [0, 0.1) is 19.8 Å². The molecule has 3 N–H and O–H groups in total. The number of carboxylic acids is 1. The molecule has 2 atom stereocenters. The molecule has 8 heteroatoms. The van der Waals surface area contributed by atoms with Gasteiger partial charge in [-0.15, -0.1) is 0 Å². The minimum atomic E-state index is -1.08. The average molecular weight is 477 g/mol. The van der Waals surface area contributed by atoms with Gasteiger partial charge in [-0.2, -0.15) is 0 Å². The Morgan fingerprint density at radius 1 is 1.03 bits per heavy atom. The largest absolute Gasteiger partial charge is 0.480 e. The van der Waals surface area contributed by atoms with E-state index >= 15 is 0 Å². The second kappa shape index (κ2) is 10.7. The number of nitrogens with one attached hydrogen (secondary N) is 2. The van der Waals surface area contributed by atoms with E-state index in [1.807, 2.05) is 73.5 Å². The van der Waals surface area contributed by atoms with E-state index in [-0.39, 0.29) is 11.9 Å². The Labute approximate surface area is 205 Å². The summed E-state index contributed by atoms with van der Waals surface area (Å²) in [5, 5.41) is 14.1. The van der Waals surface area contributed by atoms with Crippen molar-refractivity contribution in [2.24, 2.45) is 5.92 Å². The van der Waals surface area contributed by atoms with Crippen molar-refractivity contribution < 1.29 is 19.5 Å². The minimum absolute atomic E-state index is 0.0646. The van der Waals surface area contributed by atoms with Gasteiger partial charge in [-0.1, -0.05) is 48.5 Å². The van der Waals surface area contributed by atoms with Crippen LogP contribution in [0.4, 0.5) is 4.79 Å². The van der Waals surface area contributed by atoms with E-state index < -0.39 is 18.5 Å². The number of urea groups is 1. The fourth-order valence-corrected chi connectivity index (χ4v) is 4.98. The smallest absolute Gasteiger partial charge is 0.323 e. The van der Waals surface area contributed by atoms with Crippen LogP contribution in [-0.2, 0) is 4.79 Å². The molecule has 0 aromatic heterocycles. The van der Waals surface area contributed by atoms with Gasteiger partial charge >= 0.3 is 12.0 Å². The Bertz CT molecular complexity index is 1110. The van der Waals surface area contributed by atoms with Crippen molar-refractivity contribution in [3.63, 3.8) is 0 Å². The predicted octanol–water partition coefficient (Wildman–Crippen LogP) is 3.09. The summed E-state index contributed by atoms with van der Waals surface area (Å²) < 4.78 is 0. The fourth-order valence-electron chi connectivity index (χ4n) is 4.98. The Balaban J connectivity index is 1.36. The molecule has 0 radical (unpaired) electrons. The summed E-state index contributed by atoms with van der Waals surface area (Å²) in [6.07, 6.45) is 2.71. The Morgan fingerprint density at radius 2 is 1.74 bits per heavy atom. The number of hydrogen-bond donors (Lipinski definition) is 3. The Hall–Kier alpha value is -3.65. The van der Waals surface area contributed by atoms with Crippen LogP contribution in [0.15, 0.2) is 60.3 Å². The number of aliphatic carboxylic acids is 1. The first kappa shape index (κ1) is 24.5. The maximum atomic E-state index is 13.2. The summed E-state index contributed by atoms with van der Waals surface area (Å²) in [6, 6.07) is 14.9. The molecule has 0 saturated carbocycles. The van der Waals surface area contributed by atoms with Crippen molar-refractivity contribution >= 4 is 17.9 Å². The molecule has 2 aromatic carbocycles. The summed E-state index contributed by atoms with van der Waals surface area (Å²) in [6.45, 7) is 6.67. The number of rotatable bonds is 8. The lowest BCUT2D eigenvalue weighted by atomic mass is 10.0. The molecule has 0 aliphatic carbocycles. The zero-order valence-corrected chi connectivity index (χ0v) is 20.2. The molecule has 1 fully saturated rings. The molecule has 1 unspecified atom stereocenters. The van der Waals surface area contributed by atoms with Gasteiger partial charge in [0, 0.05) is 43.9 Å². The number of nitrogens with zero attached hydrogens (tertiary/aromatic N) is 2. The van der Waals surface area contributed by atoms with Crippen LogP contribution < -0.4 is 10.6 Å². The van der Waals surface area contributed by atoms with Gasteiger partial charge in [0.2, 0.25) is 0 Å². The summed E-state index contributed by atoms with van der Waals surface area (Å²) in [4.78, 5) is 40.3. The van der Waals surface area contributed by atoms with E-state index in [0.29, 0.717) is 18.9 Å². The molecule has 4 rings (SSSR count). The second-order valence-corrected chi connectivity index (χ2v) is 9.33. The van der Waals surface area contributed by atoms with Gasteiger partial charge in [-0.3, -0.25) is 14.5 Å². The van der Waals surface area contributed by atoms with Crippen molar-refractivity contribution in [2.75, 3.05) is 32.7 Å². The molecular weight excluding hydrogens is 444 g/mol. The number of likely N-dealkylation sites (tertiary alicyclic amines) is 1. The lowest BCUT2D eigenvalue weighted by Gasteiger charge is -2.24. The van der Waals surface area contributed by atoms with Crippen LogP contribution in [0.2, 0.25) is 0 Å². The third-order valence-corrected chi connectivity index (χ3v) is 6.75. The molecule has 8 nitrogen and oxygen atoms in total. The molecule has 3 amide bonds. The predicted molar refractivity (Wildman–Crippen MR) is 133 cm³/mol. The summed E-state index contributed by atoms with van der Waals surface area (Å²) >= 11 is 0. The number of hydrogen-bond acceptors (Lipinski definition) is 4. The SMILES string of the molecule is Cc1cccc(C)c1C(=O)N1C=C2CN(CC[C@H](NC(=O)NCC(=O)O)c3ccccc3)CC2C1. The van der Waals surface area contributed by atoms with E-state index in [1.165, 1.54) is 5.57 Å². The van der Waals surface area contributed by atoms with Crippen LogP contribution in [0.3, 0.4) is 0 Å². The molecule has 184 valence electrons. The average Bonchev–Trinajstić information content (AvgIpc) is 3.40. The van der Waals surface area contributed by atoms with Crippen molar-refractivity contribution in [3.8, 4) is 0 Å². The van der Waals surface area contributed by atoms with Gasteiger partial charge in [-0.25, -0.2) is 4.79 Å². The number of fused-ring (bicyclic) bond motifs is 1. The summed E-state index contributed by atoms with van der Waals surface area (Å²) in [7, 11) is 0. The van der Waals surface area contributed by atoms with Crippen molar-refractivity contribution in [2.45, 2.75) is 26.3 Å². The molecule has 2 aliphatic heterocycles. The minimum Gasteiger partial charge on any atom is -0.480 e. The number of amides is 3. The van der Waals surface area contributed by atoms with Crippen LogP contribution in [0.25, 0.3) is 0 Å². The molecule has 0 bridgehead atoms. The van der Waals surface area contributed by atoms with E-state index in [9.17, 15) is 14.4 Å². The first-order valence-electron chi connectivity index (χ1n) is 11.9. The molecule has 1 saturated heterocycles. The second-order valence-electron chi connectivity index (χ2n) is 9.33. The lowest BCUT2D eigenvalue weighted by Crippen LogP contribution is -2.41. The highest BCUT2D eigenvalue weighted by atomic mass is 16.4. The monoisotopic (exact) mass is 476 g/mol. The highest BCUT2D eigenvalue weighted by Crippen LogP contribution is 2.32. The van der Waals surface area contributed by atoms with Crippen LogP contribution in [0.5, 0.6) is 0 Å². The van der Waals surface area contributed by atoms with Crippen molar-refractivity contribution in [1.82, 2.24) is 20.4 Å². The molecule has 35 heavy (non-hydrogen) atoms. The molecular formula is C27H32N4O4. The fraction of sp³-hybridized carbons (Fsp3) is 0.370. The molecule has 2 heterocycles. The van der Waals surface area contributed by atoms with Crippen LogP contribution in [0.1, 0.15) is 39.5 Å². The first-order valence-corrected chi connectivity index (χ1v) is 11.9. The third-order valence-electron chi connectivity index (χ3n) is 6.75. The number of benzene rings is 2. The summed E-state index contributed by atoms with van der Waals surface area (Å²) in [5.74, 6) is -0.696. The molecule has 2 aliphatic rings. The number of carboxylic acid groups (broad SMARTS) is 1. The highest BCUT2D eigenvalue weighted by molar-refractivity contribution is 5.98. The topological polar surface area (TPSA) is 102 Å². The normalized spacial score (nSPS) is 18.1. The van der Waals surface area contributed by atoms with E-state index in [1.54, 1.807) is 0 Å². The van der Waals surface area contributed by atoms with Gasteiger partial charge in [0.1, 0.15) is 6.54 Å². The zero-order chi connectivity index (χ0) is 24.9. The first-order chi connectivity index (χ1) is 16.8. The van der Waals surface area contributed by atoms with Gasteiger partial charge in [0.15, 0.2) is 0 Å². The molecule has 0 spiro atoms. The third kappa shape index (κ3) is 5.89. The van der Waals surface area contributed by atoms with Crippen LogP contribution >= 0.6 is 0 Å². The van der Waals surface area contributed by atoms with Gasteiger partial charge < -0.3 is 20.6 Å². The van der Waals surface area contributed by atoms with Crippen molar-refractivity contribution in [1.29, 1.82) is 0 Å². The summed E-state index contributed by atoms with van der Waals surface area (Å²) in [5.41, 5.74) is 5.03. The highest BCUT2D eigenvalue weighted by Gasteiger charge is 2.36. The zero-order valence-electron chi connectivity index (χ0n) is 20.2. The maximum Gasteiger partial charge on any atom is 0.323 e. The van der Waals surface area contributed by atoms with E-state index in [2.05, 4.69) is 15.5 Å². The van der Waals surface area contributed by atoms with Crippen molar-refractivity contribution in [3.05, 3.63) is 82.6 Å². The standard InChI is InChI=1S/C27H32N4O4/c1-18-7-6-8-19(2)25(18)26(34)31-16-21-14-30(15-22(21)17-31)12-11-23(20-9-4-3-5-10-20)29-27(35)28-13-24(32)33/h3-10,16,22-23H,11-15,17H2,1-2H3,(H,32,33)(H2,28,29,35)/t22?,23-/m0/s1. The Kier molecular flexibility index (Phi) is 7.51. The lowest BCUT2D eigenvalue weighted by molar-refractivity contribution is -0.135. The van der Waals surface area contributed by atoms with Gasteiger partial charge in [0.25, 0.3) is 5.91 Å².